The fraction of sp³-hybridized carbons (Fsp3) is 0.304. The molecule has 32 heavy (non-hydrogen) atoms. The van der Waals surface area contributed by atoms with Crippen LogP contribution in [0.25, 0.3) is 22.4 Å². The first kappa shape index (κ1) is 22.3. The molecule has 1 aromatic heterocycles. The second-order valence-electron chi connectivity index (χ2n) is 7.97. The predicted octanol–water partition coefficient (Wildman–Crippen LogP) is 3.36. The summed E-state index contributed by atoms with van der Waals surface area (Å²) in [6, 6.07) is 10.7. The third-order valence-corrected chi connectivity index (χ3v) is 7.40. The van der Waals surface area contributed by atoms with Crippen LogP contribution >= 0.6 is 0 Å². The molecule has 0 radical (unpaired) electrons. The Balaban J connectivity index is 1.67. The van der Waals surface area contributed by atoms with E-state index < -0.39 is 15.8 Å². The van der Waals surface area contributed by atoms with Gasteiger partial charge in [0.15, 0.2) is 0 Å². The van der Waals surface area contributed by atoms with Crippen LogP contribution < -0.4 is 10.5 Å². The quantitative estimate of drug-likeness (QED) is 0.523. The van der Waals surface area contributed by atoms with E-state index in [1.54, 1.807) is 30.3 Å². The van der Waals surface area contributed by atoms with Crippen LogP contribution in [0.4, 0.5) is 10.2 Å². The average Bonchev–Trinajstić information content (AvgIpc) is 2.80. The van der Waals surface area contributed by atoms with Crippen LogP contribution in [0.3, 0.4) is 0 Å². The van der Waals surface area contributed by atoms with Gasteiger partial charge in [0.2, 0.25) is 10.0 Å². The Hall–Kier alpha value is -2.88. The first-order valence-electron chi connectivity index (χ1n) is 10.5. The molecule has 0 spiro atoms. The second-order valence-corrected chi connectivity index (χ2v) is 9.65. The van der Waals surface area contributed by atoms with Crippen LogP contribution in [0.15, 0.2) is 59.8 Å². The van der Waals surface area contributed by atoms with Gasteiger partial charge in [0.1, 0.15) is 11.6 Å². The minimum Gasteiger partial charge on any atom is -0.396 e. The zero-order chi connectivity index (χ0) is 22.7. The Morgan fingerprint density at radius 3 is 2.56 bits per heavy atom. The van der Waals surface area contributed by atoms with Crippen molar-refractivity contribution >= 4 is 15.8 Å². The molecule has 0 bridgehead atoms. The molecule has 4 rings (SSSR count). The van der Waals surface area contributed by atoms with Crippen LogP contribution in [0.5, 0.6) is 0 Å². The number of halogens is 1. The van der Waals surface area contributed by atoms with Gasteiger partial charge in [-0.3, -0.25) is 4.98 Å². The Labute approximate surface area is 186 Å². The van der Waals surface area contributed by atoms with Crippen molar-refractivity contribution in [3.8, 4) is 22.4 Å². The maximum Gasteiger partial charge on any atom is 0.241 e. The van der Waals surface area contributed by atoms with Crippen molar-refractivity contribution in [1.82, 2.24) is 14.7 Å². The summed E-state index contributed by atoms with van der Waals surface area (Å²) in [5.74, 6) is -0.420. The van der Waals surface area contributed by atoms with E-state index in [1.165, 1.54) is 24.5 Å². The van der Waals surface area contributed by atoms with Crippen molar-refractivity contribution in [2.45, 2.75) is 36.6 Å². The van der Waals surface area contributed by atoms with Crippen molar-refractivity contribution in [1.29, 1.82) is 0 Å². The van der Waals surface area contributed by atoms with Crippen LogP contribution in [0.1, 0.15) is 25.7 Å². The van der Waals surface area contributed by atoms with Crippen LogP contribution in [0.2, 0.25) is 0 Å². The highest BCUT2D eigenvalue weighted by molar-refractivity contribution is 7.89. The number of anilines is 1. The highest BCUT2D eigenvalue weighted by Gasteiger charge is 2.30. The van der Waals surface area contributed by atoms with E-state index in [0.717, 1.165) is 19.3 Å². The van der Waals surface area contributed by atoms with Gasteiger partial charge in [-0.1, -0.05) is 37.1 Å². The summed E-state index contributed by atoms with van der Waals surface area (Å²) in [5.41, 5.74) is 6.94. The van der Waals surface area contributed by atoms with Gasteiger partial charge in [0, 0.05) is 23.8 Å². The highest BCUT2D eigenvalue weighted by atomic mass is 32.2. The fourth-order valence-electron chi connectivity index (χ4n) is 4.15. The first-order valence-corrected chi connectivity index (χ1v) is 12.0. The molecular formula is C23H25FN4O3S. The SMILES string of the molecule is Nc1cnc(-c2ccc(-c3ccccc3S(=O)(=O)N[C@@H]3CCCC[C@H]3CO)cc2F)cn1. The molecule has 0 aliphatic heterocycles. The van der Waals surface area contributed by atoms with E-state index >= 15 is 0 Å². The maximum atomic E-state index is 14.9. The molecule has 1 aliphatic rings. The molecule has 1 heterocycles. The molecule has 1 saturated carbocycles. The number of nitrogens with one attached hydrogen (secondary N) is 1. The summed E-state index contributed by atoms with van der Waals surface area (Å²) in [5, 5.41) is 9.63. The minimum atomic E-state index is -3.88. The third kappa shape index (κ3) is 4.64. The molecular weight excluding hydrogens is 431 g/mol. The van der Waals surface area contributed by atoms with Crippen molar-refractivity contribution in [3.05, 3.63) is 60.7 Å². The topological polar surface area (TPSA) is 118 Å². The van der Waals surface area contributed by atoms with Gasteiger partial charge in [-0.25, -0.2) is 22.5 Å². The van der Waals surface area contributed by atoms with E-state index in [9.17, 15) is 17.9 Å². The van der Waals surface area contributed by atoms with Gasteiger partial charge in [0.05, 0.1) is 23.0 Å². The highest BCUT2D eigenvalue weighted by Crippen LogP contribution is 2.32. The molecule has 168 valence electrons. The summed E-state index contributed by atoms with van der Waals surface area (Å²) in [6.07, 6.45) is 6.08. The minimum absolute atomic E-state index is 0.0600. The van der Waals surface area contributed by atoms with E-state index in [1.807, 2.05) is 0 Å². The zero-order valence-corrected chi connectivity index (χ0v) is 18.2. The smallest absolute Gasteiger partial charge is 0.241 e. The standard InChI is InChI=1S/C23H25FN4O3S/c24-19-11-15(9-10-18(19)21-12-27-23(25)13-26-21)17-6-2-4-8-22(17)32(30,31)28-20-7-3-1-5-16(20)14-29/h2,4,6,8-13,16,20,28-29H,1,3,5,7,14H2,(H2,25,27)/t16-,20+/m0/s1. The van der Waals surface area contributed by atoms with E-state index in [4.69, 9.17) is 5.73 Å². The Morgan fingerprint density at radius 1 is 1.06 bits per heavy atom. The lowest BCUT2D eigenvalue weighted by atomic mass is 9.86. The Morgan fingerprint density at radius 2 is 1.84 bits per heavy atom. The molecule has 3 aromatic rings. The number of sulfonamides is 1. The van der Waals surface area contributed by atoms with E-state index in [2.05, 4.69) is 14.7 Å². The van der Waals surface area contributed by atoms with Gasteiger partial charge in [-0.15, -0.1) is 0 Å². The molecule has 1 fully saturated rings. The maximum absolute atomic E-state index is 14.9. The van der Waals surface area contributed by atoms with Crippen molar-refractivity contribution in [2.75, 3.05) is 12.3 Å². The van der Waals surface area contributed by atoms with Crippen LogP contribution in [0, 0.1) is 11.7 Å². The van der Waals surface area contributed by atoms with Gasteiger partial charge >= 0.3 is 0 Å². The van der Waals surface area contributed by atoms with Crippen molar-refractivity contribution in [2.24, 2.45) is 5.92 Å². The summed E-state index contributed by atoms with van der Waals surface area (Å²) >= 11 is 0. The number of rotatable bonds is 6. The van der Waals surface area contributed by atoms with E-state index in [-0.39, 0.29) is 34.8 Å². The van der Waals surface area contributed by atoms with E-state index in [0.29, 0.717) is 23.2 Å². The number of aliphatic hydroxyl groups excluding tert-OH is 1. The molecule has 4 N–H and O–H groups in total. The third-order valence-electron chi connectivity index (χ3n) is 5.85. The lowest BCUT2D eigenvalue weighted by molar-refractivity contribution is 0.164. The lowest BCUT2D eigenvalue weighted by Gasteiger charge is -2.30. The molecule has 0 unspecified atom stereocenters. The number of hydrogen-bond donors (Lipinski definition) is 3. The molecule has 2 atom stereocenters. The molecule has 1 aliphatic carbocycles. The molecule has 0 saturated heterocycles. The van der Waals surface area contributed by atoms with Gasteiger partial charge in [-0.05, 0) is 42.5 Å². The monoisotopic (exact) mass is 456 g/mol. The summed E-state index contributed by atoms with van der Waals surface area (Å²) in [7, 11) is -3.88. The normalized spacial score (nSPS) is 19.1. The largest absolute Gasteiger partial charge is 0.396 e. The fourth-order valence-corrected chi connectivity index (χ4v) is 5.72. The molecule has 0 amide bonds. The number of aliphatic hydroxyl groups is 1. The van der Waals surface area contributed by atoms with Crippen LogP contribution in [-0.2, 0) is 10.0 Å². The molecule has 9 heteroatoms. The van der Waals surface area contributed by atoms with Gasteiger partial charge in [0.25, 0.3) is 0 Å². The number of nitrogen functional groups attached to an aromatic ring is 1. The number of nitrogens with zero attached hydrogens (tertiary/aromatic N) is 2. The van der Waals surface area contributed by atoms with Gasteiger partial charge < -0.3 is 10.8 Å². The van der Waals surface area contributed by atoms with Gasteiger partial charge in [-0.2, -0.15) is 0 Å². The first-order chi connectivity index (χ1) is 15.4. The van der Waals surface area contributed by atoms with Crippen LogP contribution in [-0.4, -0.2) is 36.1 Å². The summed E-state index contributed by atoms with van der Waals surface area (Å²) in [4.78, 5) is 8.10. The zero-order valence-electron chi connectivity index (χ0n) is 17.4. The predicted molar refractivity (Wildman–Crippen MR) is 120 cm³/mol. The van der Waals surface area contributed by atoms with Crippen molar-refractivity contribution in [3.63, 3.8) is 0 Å². The summed E-state index contributed by atoms with van der Waals surface area (Å²) in [6.45, 7) is -0.0600. The average molecular weight is 457 g/mol. The Bertz CT molecular complexity index is 1200. The summed E-state index contributed by atoms with van der Waals surface area (Å²) < 4.78 is 44.2. The number of hydrogen-bond acceptors (Lipinski definition) is 6. The molecule has 7 nitrogen and oxygen atoms in total. The molecule has 2 aromatic carbocycles. The second kappa shape index (κ2) is 9.32. The lowest BCUT2D eigenvalue weighted by Crippen LogP contribution is -2.43. The number of nitrogens with two attached hydrogens (primary N) is 1. The van der Waals surface area contributed by atoms with Crippen molar-refractivity contribution < 1.29 is 17.9 Å². The number of benzene rings is 2. The Kier molecular flexibility index (Phi) is 6.50. The number of aromatic nitrogens is 2.